The minimum absolute atomic E-state index is 0.0349. The number of hydrogen-bond acceptors (Lipinski definition) is 10. The molecule has 12 heteroatoms. The van der Waals surface area contributed by atoms with Crippen molar-refractivity contribution in [3.05, 3.63) is 53.2 Å². The maximum atomic E-state index is 12.4. The zero-order chi connectivity index (χ0) is 25.3. The van der Waals surface area contributed by atoms with Crippen molar-refractivity contribution in [3.8, 4) is 17.4 Å². The van der Waals surface area contributed by atoms with Gasteiger partial charge in [-0.25, -0.2) is 4.52 Å². The number of carbonyl (C=O) groups is 1. The van der Waals surface area contributed by atoms with Crippen molar-refractivity contribution in [2.45, 2.75) is 51.9 Å². The van der Waals surface area contributed by atoms with Crippen LogP contribution in [-0.2, 0) is 23.4 Å². The number of carbonyl (C=O) groups excluding carboxylic acids is 1. The number of fused-ring (bicyclic) bond motifs is 1. The molecule has 188 valence electrons. The summed E-state index contributed by atoms with van der Waals surface area (Å²) in [4.78, 5) is 16.8. The minimum Gasteiger partial charge on any atom is -0.470 e. The van der Waals surface area contributed by atoms with Gasteiger partial charge >= 0.3 is 0 Å². The quantitative estimate of drug-likeness (QED) is 0.392. The van der Waals surface area contributed by atoms with Crippen LogP contribution in [0.25, 0.3) is 17.0 Å². The average molecular weight is 494 g/mol. The second-order valence-electron chi connectivity index (χ2n) is 9.59. The summed E-state index contributed by atoms with van der Waals surface area (Å²) < 4.78 is 18.1. The lowest BCUT2D eigenvalue weighted by Gasteiger charge is -2.18. The van der Waals surface area contributed by atoms with Crippen molar-refractivity contribution in [1.82, 2.24) is 35.3 Å². The van der Waals surface area contributed by atoms with Crippen LogP contribution in [0.3, 0.4) is 0 Å². The number of aromatic nitrogens is 6. The number of hydrogen-bond donors (Lipinski definition) is 2. The van der Waals surface area contributed by atoms with Crippen LogP contribution in [-0.4, -0.2) is 60.2 Å². The van der Waals surface area contributed by atoms with Crippen LogP contribution in [0.1, 0.15) is 54.6 Å². The molecule has 1 saturated heterocycles. The molecule has 1 aliphatic rings. The van der Waals surface area contributed by atoms with Crippen LogP contribution in [0.5, 0.6) is 5.88 Å². The Hall–Kier alpha value is -3.90. The molecule has 0 aromatic carbocycles. The maximum absolute atomic E-state index is 12.4. The van der Waals surface area contributed by atoms with E-state index in [-0.39, 0.29) is 30.6 Å². The Morgan fingerprint density at radius 2 is 2.17 bits per heavy atom. The fraction of sp³-hybridized carbons (Fsp3) is 0.417. The normalized spacial score (nSPS) is 15.9. The lowest BCUT2D eigenvalue weighted by molar-refractivity contribution is 0.0929. The van der Waals surface area contributed by atoms with E-state index in [4.69, 9.17) is 14.0 Å². The fourth-order valence-electron chi connectivity index (χ4n) is 4.03. The smallest absolute Gasteiger partial charge is 0.253 e. The molecule has 1 fully saturated rings. The summed E-state index contributed by atoms with van der Waals surface area (Å²) in [6.07, 6.45) is 3.97. The molecule has 4 aromatic rings. The van der Waals surface area contributed by atoms with Gasteiger partial charge in [-0.3, -0.25) is 9.78 Å². The van der Waals surface area contributed by atoms with E-state index in [1.807, 2.05) is 0 Å². The second-order valence-corrected chi connectivity index (χ2v) is 9.59. The lowest BCUT2D eigenvalue weighted by atomic mass is 9.88. The number of pyridine rings is 1. The van der Waals surface area contributed by atoms with Crippen LogP contribution in [0.2, 0.25) is 0 Å². The number of nitrogens with zero attached hydrogens (tertiary/aromatic N) is 6. The predicted octanol–water partition coefficient (Wildman–Crippen LogP) is 2.06. The monoisotopic (exact) mass is 493 g/mol. The van der Waals surface area contributed by atoms with Gasteiger partial charge in [0.2, 0.25) is 11.7 Å². The summed E-state index contributed by atoms with van der Waals surface area (Å²) in [5, 5.41) is 29.2. The number of aliphatic hydroxyl groups is 1. The highest BCUT2D eigenvalue weighted by Gasteiger charge is 2.28. The Balaban J connectivity index is 1.38. The van der Waals surface area contributed by atoms with Crippen molar-refractivity contribution in [3.63, 3.8) is 0 Å². The zero-order valence-electron chi connectivity index (χ0n) is 20.3. The van der Waals surface area contributed by atoms with E-state index < -0.39 is 0 Å². The first-order valence-corrected chi connectivity index (χ1v) is 11.6. The van der Waals surface area contributed by atoms with E-state index in [2.05, 4.69) is 51.5 Å². The molecule has 36 heavy (non-hydrogen) atoms. The standard InChI is InChI=1S/C24H27N7O5/c1-24(2,3)20-19-10-26-28-21(18-8-17(11-32)36-30-18)31(19)29-23(20)35-13-15-5-4-14(9-25-15)22(33)27-16-6-7-34-12-16/h4-5,8-10,16,32H,6-7,11-13H2,1-3H3,(H,27,33). The van der Waals surface area contributed by atoms with E-state index in [0.717, 1.165) is 12.0 Å². The molecule has 1 atom stereocenters. The topological polar surface area (TPSA) is 150 Å². The largest absolute Gasteiger partial charge is 0.470 e. The van der Waals surface area contributed by atoms with Crippen molar-refractivity contribution >= 4 is 11.4 Å². The van der Waals surface area contributed by atoms with Crippen LogP contribution in [0, 0.1) is 0 Å². The first-order chi connectivity index (χ1) is 17.3. The molecule has 0 saturated carbocycles. The van der Waals surface area contributed by atoms with Gasteiger partial charge in [0, 0.05) is 24.4 Å². The summed E-state index contributed by atoms with van der Waals surface area (Å²) in [7, 11) is 0. The van der Waals surface area contributed by atoms with Crippen LogP contribution in [0.15, 0.2) is 35.1 Å². The minimum atomic E-state index is -0.323. The highest BCUT2D eigenvalue weighted by Crippen LogP contribution is 2.36. The molecule has 5 rings (SSSR count). The zero-order valence-corrected chi connectivity index (χ0v) is 20.3. The highest BCUT2D eigenvalue weighted by atomic mass is 16.5. The van der Waals surface area contributed by atoms with Gasteiger partial charge in [-0.2, -0.15) is 5.10 Å². The molecular formula is C24H27N7O5. The van der Waals surface area contributed by atoms with E-state index in [1.165, 1.54) is 6.20 Å². The Kier molecular flexibility index (Phi) is 6.37. The average Bonchev–Trinajstić information content (AvgIpc) is 3.61. The summed E-state index contributed by atoms with van der Waals surface area (Å²) in [5.41, 5.74) is 2.76. The van der Waals surface area contributed by atoms with Crippen molar-refractivity contribution < 1.29 is 23.9 Å². The molecule has 0 aliphatic carbocycles. The van der Waals surface area contributed by atoms with Crippen LogP contribution >= 0.6 is 0 Å². The van der Waals surface area contributed by atoms with Crippen molar-refractivity contribution in [2.24, 2.45) is 0 Å². The number of aliphatic hydroxyl groups excluding tert-OH is 1. The van der Waals surface area contributed by atoms with Gasteiger partial charge < -0.3 is 24.4 Å². The third kappa shape index (κ3) is 4.77. The molecule has 2 N–H and O–H groups in total. The van der Waals surface area contributed by atoms with Crippen LogP contribution in [0.4, 0.5) is 0 Å². The van der Waals surface area contributed by atoms with Gasteiger partial charge in [-0.15, -0.1) is 10.2 Å². The Morgan fingerprint density at radius 3 is 2.83 bits per heavy atom. The van der Waals surface area contributed by atoms with E-state index in [0.29, 0.717) is 53.1 Å². The second kappa shape index (κ2) is 9.63. The molecule has 0 spiro atoms. The highest BCUT2D eigenvalue weighted by molar-refractivity contribution is 5.94. The van der Waals surface area contributed by atoms with Crippen molar-refractivity contribution in [1.29, 1.82) is 0 Å². The van der Waals surface area contributed by atoms with Crippen molar-refractivity contribution in [2.75, 3.05) is 13.2 Å². The number of amides is 1. The van der Waals surface area contributed by atoms with Gasteiger partial charge in [0.1, 0.15) is 13.2 Å². The van der Waals surface area contributed by atoms with E-state index >= 15 is 0 Å². The predicted molar refractivity (Wildman–Crippen MR) is 126 cm³/mol. The van der Waals surface area contributed by atoms with Gasteiger partial charge in [0.15, 0.2) is 11.5 Å². The molecule has 0 bridgehead atoms. The Morgan fingerprint density at radius 1 is 1.31 bits per heavy atom. The summed E-state index contributed by atoms with van der Waals surface area (Å²) in [5.74, 6) is 0.903. The molecule has 4 aromatic heterocycles. The summed E-state index contributed by atoms with van der Waals surface area (Å²) in [6.45, 7) is 7.23. The molecule has 0 radical (unpaired) electrons. The molecule has 1 amide bonds. The van der Waals surface area contributed by atoms with E-state index in [9.17, 15) is 9.90 Å². The number of nitrogens with one attached hydrogen (secondary N) is 1. The SMILES string of the molecule is CC(C)(C)c1c(OCc2ccc(C(=O)NC3CCOC3)cn2)nn2c(-c3cc(CO)on3)nncc12. The molecule has 12 nitrogen and oxygen atoms in total. The van der Waals surface area contributed by atoms with Gasteiger partial charge in [0.25, 0.3) is 5.91 Å². The van der Waals surface area contributed by atoms with Gasteiger partial charge in [-0.05, 0) is 24.0 Å². The van der Waals surface area contributed by atoms with Crippen LogP contribution < -0.4 is 10.1 Å². The fourth-order valence-corrected chi connectivity index (χ4v) is 4.03. The maximum Gasteiger partial charge on any atom is 0.253 e. The molecular weight excluding hydrogens is 466 g/mol. The first kappa shape index (κ1) is 23.8. The Bertz CT molecular complexity index is 1370. The van der Waals surface area contributed by atoms with Gasteiger partial charge in [0.05, 0.1) is 35.6 Å². The first-order valence-electron chi connectivity index (χ1n) is 11.6. The van der Waals surface area contributed by atoms with Gasteiger partial charge in [-0.1, -0.05) is 25.9 Å². The molecule has 5 heterocycles. The number of rotatable bonds is 7. The summed E-state index contributed by atoms with van der Waals surface area (Å²) >= 11 is 0. The summed E-state index contributed by atoms with van der Waals surface area (Å²) in [6, 6.07) is 5.10. The lowest BCUT2D eigenvalue weighted by Crippen LogP contribution is -2.35. The third-order valence-electron chi connectivity index (χ3n) is 5.82. The number of ether oxygens (including phenoxy) is 2. The third-order valence-corrected chi connectivity index (χ3v) is 5.82. The molecule has 1 unspecified atom stereocenters. The Labute approximate surface area is 206 Å². The molecule has 1 aliphatic heterocycles. The van der Waals surface area contributed by atoms with E-state index in [1.54, 1.807) is 28.9 Å².